The van der Waals surface area contributed by atoms with E-state index in [0.29, 0.717) is 23.0 Å². The van der Waals surface area contributed by atoms with E-state index in [9.17, 15) is 0 Å². The second-order valence-corrected chi connectivity index (χ2v) is 6.24. The fraction of sp³-hybridized carbons (Fsp3) is 0.600. The lowest BCUT2D eigenvalue weighted by Gasteiger charge is -2.29. The van der Waals surface area contributed by atoms with E-state index in [-0.39, 0.29) is 0 Å². The van der Waals surface area contributed by atoms with E-state index in [1.54, 1.807) is 0 Å². The number of hydrogen-bond acceptors (Lipinski definition) is 0. The Bertz CT molecular complexity index is 316. The predicted octanol–water partition coefficient (Wildman–Crippen LogP) is 4.30. The highest BCUT2D eigenvalue weighted by Gasteiger charge is 2.22. The molecule has 1 aromatic carbocycles. The van der Waals surface area contributed by atoms with E-state index >= 15 is 0 Å². The third kappa shape index (κ3) is 3.88. The summed E-state index contributed by atoms with van der Waals surface area (Å²) >= 11 is 0. The number of benzene rings is 1. The second kappa shape index (κ2) is 4.90. The van der Waals surface area contributed by atoms with Crippen LogP contribution in [0.5, 0.6) is 5.75 Å². The number of rotatable bonds is 3. The summed E-state index contributed by atoms with van der Waals surface area (Å²) in [5.74, 6) is 1.85. The highest BCUT2D eigenvalue weighted by Crippen LogP contribution is 2.36. The molecule has 0 aromatic heterocycles. The maximum atomic E-state index is 7.52. The molecule has 1 rings (SSSR count). The van der Waals surface area contributed by atoms with Crippen molar-refractivity contribution in [3.8, 4) is 5.75 Å². The molecule has 0 fully saturated rings. The zero-order chi connectivity index (χ0) is 12.3. The monoisotopic (exact) mass is 221 g/mol. The Morgan fingerprint density at radius 2 is 1.56 bits per heavy atom. The van der Waals surface area contributed by atoms with Crippen molar-refractivity contribution in [3.63, 3.8) is 0 Å². The molecule has 16 heavy (non-hydrogen) atoms. The molecule has 0 saturated carbocycles. The van der Waals surface area contributed by atoms with Gasteiger partial charge < -0.3 is 5.11 Å². The Morgan fingerprint density at radius 1 is 1.06 bits per heavy atom. The van der Waals surface area contributed by atoms with Crippen molar-refractivity contribution in [2.75, 3.05) is 0 Å². The molecule has 0 saturated heterocycles. The van der Waals surface area contributed by atoms with Crippen molar-refractivity contribution in [2.24, 2.45) is 11.3 Å². The Hall–Kier alpha value is -0.980. The summed E-state index contributed by atoms with van der Waals surface area (Å²) in [5.41, 5.74) is 1.73. The average Bonchev–Trinajstić information content (AvgIpc) is 2.14. The van der Waals surface area contributed by atoms with Gasteiger partial charge in [-0.25, -0.2) is 0 Å². The fourth-order valence-electron chi connectivity index (χ4n) is 2.13. The molecule has 1 nitrogen and oxygen atoms in total. The normalized spacial score (nSPS) is 14.1. The van der Waals surface area contributed by atoms with Gasteiger partial charge in [0.25, 0.3) is 5.75 Å². The lowest BCUT2D eigenvalue weighted by Crippen LogP contribution is -2.16. The minimum atomic E-state index is 0.356. The molecular formula is C15H25O+. The van der Waals surface area contributed by atoms with Gasteiger partial charge >= 0.3 is 0 Å². The molecule has 0 aliphatic carbocycles. The molecule has 1 heteroatoms. The molecule has 1 unspecified atom stereocenters. The maximum absolute atomic E-state index is 7.52. The van der Waals surface area contributed by atoms with Crippen LogP contribution in [-0.4, -0.2) is 5.11 Å². The Kier molecular flexibility index (Phi) is 4.01. The van der Waals surface area contributed by atoms with Crippen molar-refractivity contribution < 1.29 is 5.11 Å². The van der Waals surface area contributed by atoms with Gasteiger partial charge in [0.1, 0.15) is 0 Å². The van der Waals surface area contributed by atoms with Crippen molar-refractivity contribution in [1.29, 1.82) is 0 Å². The van der Waals surface area contributed by atoms with Crippen LogP contribution in [0.3, 0.4) is 0 Å². The van der Waals surface area contributed by atoms with Gasteiger partial charge in [0.15, 0.2) is 0 Å². The maximum Gasteiger partial charge on any atom is 0.253 e. The van der Waals surface area contributed by atoms with Gasteiger partial charge in [0.2, 0.25) is 0 Å². The molecule has 0 amide bonds. The van der Waals surface area contributed by atoms with Crippen LogP contribution in [0.1, 0.15) is 52.5 Å². The van der Waals surface area contributed by atoms with Crippen LogP contribution in [0.15, 0.2) is 24.3 Å². The van der Waals surface area contributed by atoms with Gasteiger partial charge in [-0.2, -0.15) is 0 Å². The first-order valence-corrected chi connectivity index (χ1v) is 6.11. The van der Waals surface area contributed by atoms with Gasteiger partial charge in [0, 0.05) is 12.1 Å². The lowest BCUT2D eigenvalue weighted by atomic mass is 9.76. The molecular weight excluding hydrogens is 196 g/mol. The summed E-state index contributed by atoms with van der Waals surface area (Å²) in [6.45, 7) is 11.4. The highest BCUT2D eigenvalue weighted by atomic mass is 16.3. The van der Waals surface area contributed by atoms with Gasteiger partial charge in [-0.05, 0) is 41.4 Å². The smallest absolute Gasteiger partial charge is 0.253 e. The van der Waals surface area contributed by atoms with Gasteiger partial charge in [-0.1, -0.05) is 34.6 Å². The summed E-state index contributed by atoms with van der Waals surface area (Å²) in [6, 6.07) is 8.01. The van der Waals surface area contributed by atoms with E-state index in [1.165, 1.54) is 12.0 Å². The van der Waals surface area contributed by atoms with Crippen LogP contribution in [-0.2, 0) is 0 Å². The first kappa shape index (κ1) is 13.1. The minimum absolute atomic E-state index is 0.356. The molecule has 1 aromatic rings. The second-order valence-electron chi connectivity index (χ2n) is 6.24. The molecule has 2 N–H and O–H groups in total. The van der Waals surface area contributed by atoms with Crippen LogP contribution in [0.2, 0.25) is 0 Å². The summed E-state index contributed by atoms with van der Waals surface area (Å²) in [5, 5.41) is 7.52. The summed E-state index contributed by atoms with van der Waals surface area (Å²) in [4.78, 5) is 0. The van der Waals surface area contributed by atoms with Gasteiger partial charge in [-0.15, -0.1) is 0 Å². The van der Waals surface area contributed by atoms with E-state index < -0.39 is 0 Å². The van der Waals surface area contributed by atoms with E-state index in [0.717, 1.165) is 0 Å². The van der Waals surface area contributed by atoms with Gasteiger partial charge in [0.05, 0.1) is 0 Å². The van der Waals surface area contributed by atoms with E-state index in [4.69, 9.17) is 5.11 Å². The molecule has 0 bridgehead atoms. The van der Waals surface area contributed by atoms with Crippen molar-refractivity contribution >= 4 is 0 Å². The highest BCUT2D eigenvalue weighted by molar-refractivity contribution is 5.28. The number of hydrogen-bond donors (Lipinski definition) is 0. The summed E-state index contributed by atoms with van der Waals surface area (Å²) < 4.78 is 0. The quantitative estimate of drug-likeness (QED) is 0.679. The van der Waals surface area contributed by atoms with E-state index in [2.05, 4.69) is 46.8 Å². The molecule has 90 valence electrons. The van der Waals surface area contributed by atoms with Crippen molar-refractivity contribution in [2.45, 2.75) is 47.0 Å². The van der Waals surface area contributed by atoms with Crippen LogP contribution in [0, 0.1) is 11.3 Å². The van der Waals surface area contributed by atoms with Crippen LogP contribution < -0.4 is 0 Å². The molecule has 0 spiro atoms. The topological polar surface area (TPSA) is 22.9 Å². The van der Waals surface area contributed by atoms with Crippen LogP contribution in [0.4, 0.5) is 0 Å². The van der Waals surface area contributed by atoms with Crippen LogP contribution >= 0.6 is 0 Å². The SMILES string of the molecule is CC(C)C(CC(C)(C)C)c1ccc([OH2+])cc1. The summed E-state index contributed by atoms with van der Waals surface area (Å²) in [7, 11) is 0. The molecule has 0 heterocycles. The van der Waals surface area contributed by atoms with Gasteiger partial charge in [-0.3, -0.25) is 0 Å². The lowest BCUT2D eigenvalue weighted by molar-refractivity contribution is 0.301. The molecule has 0 aliphatic heterocycles. The predicted molar refractivity (Wildman–Crippen MR) is 71.2 cm³/mol. The Labute approximate surface area is 99.5 Å². The third-order valence-electron chi connectivity index (χ3n) is 2.98. The fourth-order valence-corrected chi connectivity index (χ4v) is 2.13. The Balaban J connectivity index is 2.90. The Morgan fingerprint density at radius 3 is 1.94 bits per heavy atom. The van der Waals surface area contributed by atoms with Crippen molar-refractivity contribution in [3.05, 3.63) is 29.8 Å². The molecule has 1 atom stereocenters. The molecule has 0 radical (unpaired) electrons. The standard InChI is InChI=1S/C15H24O/c1-11(2)14(10-15(3,4)5)12-6-8-13(16)9-7-12/h6-9,11,14,16H,10H2,1-5H3/p+1. The third-order valence-corrected chi connectivity index (χ3v) is 2.98. The first-order chi connectivity index (χ1) is 7.29. The average molecular weight is 221 g/mol. The minimum Gasteiger partial charge on any atom is -0.593 e. The first-order valence-electron chi connectivity index (χ1n) is 6.11. The summed E-state index contributed by atoms with van der Waals surface area (Å²) in [6.07, 6.45) is 1.20. The zero-order valence-electron chi connectivity index (χ0n) is 11.2. The zero-order valence-corrected chi connectivity index (χ0v) is 11.2. The molecule has 0 aliphatic rings. The largest absolute Gasteiger partial charge is 0.593 e. The van der Waals surface area contributed by atoms with Crippen LogP contribution in [0.25, 0.3) is 0 Å². The van der Waals surface area contributed by atoms with E-state index in [1.807, 2.05) is 12.1 Å². The van der Waals surface area contributed by atoms with Crippen molar-refractivity contribution in [1.82, 2.24) is 0 Å².